The third-order valence-electron chi connectivity index (χ3n) is 3.05. The van der Waals surface area contributed by atoms with Crippen LogP contribution in [0.2, 0.25) is 0 Å². The van der Waals surface area contributed by atoms with Gasteiger partial charge in [0, 0.05) is 26.2 Å². The Balaban J connectivity index is 2.58. The summed E-state index contributed by atoms with van der Waals surface area (Å²) in [5.74, 6) is -0.771. The highest BCUT2D eigenvalue weighted by Crippen LogP contribution is 2.13. The lowest BCUT2D eigenvalue weighted by atomic mass is 10.0. The summed E-state index contributed by atoms with van der Waals surface area (Å²) >= 11 is 0. The van der Waals surface area contributed by atoms with Crippen LogP contribution in [0.25, 0.3) is 0 Å². The number of carbonyl (C=O) groups is 1. The number of amides is 1. The Morgan fingerprint density at radius 2 is 1.89 bits per heavy atom. The summed E-state index contributed by atoms with van der Waals surface area (Å²) in [6, 6.07) is 2.02. The molecule has 0 aromatic carbocycles. The van der Waals surface area contributed by atoms with Gasteiger partial charge in [0.2, 0.25) is 15.9 Å². The molecule has 0 radical (unpaired) electrons. The fourth-order valence-corrected chi connectivity index (χ4v) is 2.82. The first-order valence-electron chi connectivity index (χ1n) is 6.03. The van der Waals surface area contributed by atoms with Gasteiger partial charge in [-0.25, -0.2) is 8.42 Å². The Hall–Kier alpha value is -1.13. The van der Waals surface area contributed by atoms with Gasteiger partial charge in [-0.3, -0.25) is 4.79 Å². The zero-order valence-corrected chi connectivity index (χ0v) is 11.6. The summed E-state index contributed by atoms with van der Waals surface area (Å²) in [4.78, 5) is 13.6. The quantitative estimate of drug-likeness (QED) is 0.723. The maximum Gasteiger partial charge on any atom is 0.240 e. The fraction of sp³-hybridized carbons (Fsp3) is 0.818. The molecule has 0 bridgehead atoms. The molecule has 0 aliphatic carbocycles. The van der Waals surface area contributed by atoms with Crippen LogP contribution in [-0.4, -0.2) is 56.0 Å². The molecule has 102 valence electrons. The standard InChI is InChI=1S/C11H19N3O3S/c1-3-4-10(9-12)11(15)13-5-7-14(8-6-13)18(2,16)17/h10H,3-8H2,1-2H3. The first kappa shape index (κ1) is 14.9. The van der Waals surface area contributed by atoms with E-state index < -0.39 is 15.9 Å². The number of nitriles is 1. The molecule has 18 heavy (non-hydrogen) atoms. The van der Waals surface area contributed by atoms with Gasteiger partial charge >= 0.3 is 0 Å². The first-order chi connectivity index (χ1) is 8.40. The number of hydrogen-bond acceptors (Lipinski definition) is 4. The Morgan fingerprint density at radius 3 is 2.28 bits per heavy atom. The van der Waals surface area contributed by atoms with Crippen LogP contribution in [-0.2, 0) is 14.8 Å². The van der Waals surface area contributed by atoms with Crippen LogP contribution in [0.4, 0.5) is 0 Å². The lowest BCUT2D eigenvalue weighted by Crippen LogP contribution is -2.51. The van der Waals surface area contributed by atoms with Crippen LogP contribution in [0.5, 0.6) is 0 Å². The third kappa shape index (κ3) is 3.68. The molecule has 1 heterocycles. The molecule has 1 rings (SSSR count). The van der Waals surface area contributed by atoms with Crippen molar-refractivity contribution in [1.82, 2.24) is 9.21 Å². The highest BCUT2D eigenvalue weighted by molar-refractivity contribution is 7.88. The lowest BCUT2D eigenvalue weighted by Gasteiger charge is -2.34. The molecule has 0 spiro atoms. The molecule has 6 nitrogen and oxygen atoms in total. The molecular weight excluding hydrogens is 254 g/mol. The molecule has 0 saturated carbocycles. The highest BCUT2D eigenvalue weighted by Gasteiger charge is 2.29. The molecule has 7 heteroatoms. The van der Waals surface area contributed by atoms with E-state index in [1.165, 1.54) is 10.6 Å². The van der Waals surface area contributed by atoms with Gasteiger partial charge in [0.25, 0.3) is 0 Å². The van der Waals surface area contributed by atoms with Crippen molar-refractivity contribution in [2.75, 3.05) is 32.4 Å². The molecule has 1 fully saturated rings. The van der Waals surface area contributed by atoms with E-state index in [-0.39, 0.29) is 5.91 Å². The minimum absolute atomic E-state index is 0.174. The number of nitrogens with zero attached hydrogens (tertiary/aromatic N) is 3. The van der Waals surface area contributed by atoms with Crippen molar-refractivity contribution in [3.8, 4) is 6.07 Å². The summed E-state index contributed by atoms with van der Waals surface area (Å²) in [5.41, 5.74) is 0. The van der Waals surface area contributed by atoms with Gasteiger partial charge in [0.05, 0.1) is 12.3 Å². The molecule has 1 amide bonds. The van der Waals surface area contributed by atoms with Crippen LogP contribution in [0.15, 0.2) is 0 Å². The van der Waals surface area contributed by atoms with Crippen LogP contribution in [0.3, 0.4) is 0 Å². The van der Waals surface area contributed by atoms with Crippen molar-refractivity contribution in [2.45, 2.75) is 19.8 Å². The fourth-order valence-electron chi connectivity index (χ4n) is 1.99. The van der Waals surface area contributed by atoms with Crippen molar-refractivity contribution in [1.29, 1.82) is 5.26 Å². The minimum Gasteiger partial charge on any atom is -0.339 e. The van der Waals surface area contributed by atoms with E-state index in [1.54, 1.807) is 4.90 Å². The van der Waals surface area contributed by atoms with E-state index in [1.807, 2.05) is 13.0 Å². The van der Waals surface area contributed by atoms with Gasteiger partial charge in [-0.1, -0.05) is 13.3 Å². The van der Waals surface area contributed by atoms with Gasteiger partial charge in [-0.2, -0.15) is 9.57 Å². The summed E-state index contributed by atoms with van der Waals surface area (Å²) in [5, 5.41) is 8.94. The number of sulfonamides is 1. The van der Waals surface area contributed by atoms with Crippen LogP contribution >= 0.6 is 0 Å². The predicted octanol–water partition coefficient (Wildman–Crippen LogP) is 0.0301. The third-order valence-corrected chi connectivity index (χ3v) is 4.35. The van der Waals surface area contributed by atoms with Gasteiger partial charge in [-0.05, 0) is 6.42 Å². The minimum atomic E-state index is -3.18. The topological polar surface area (TPSA) is 81.5 Å². The van der Waals surface area contributed by atoms with E-state index in [4.69, 9.17) is 5.26 Å². The zero-order valence-electron chi connectivity index (χ0n) is 10.8. The Labute approximate surface area is 108 Å². The number of hydrogen-bond donors (Lipinski definition) is 0. The SMILES string of the molecule is CCCC(C#N)C(=O)N1CCN(S(C)(=O)=O)CC1. The second-order valence-electron chi connectivity index (χ2n) is 4.46. The summed E-state index contributed by atoms with van der Waals surface area (Å²) in [6.07, 6.45) is 2.51. The smallest absolute Gasteiger partial charge is 0.240 e. The van der Waals surface area contributed by atoms with Gasteiger partial charge in [0.1, 0.15) is 5.92 Å². The van der Waals surface area contributed by atoms with Crippen LogP contribution < -0.4 is 0 Å². The molecule has 0 aromatic heterocycles. The van der Waals surface area contributed by atoms with Crippen LogP contribution in [0, 0.1) is 17.2 Å². The zero-order chi connectivity index (χ0) is 13.8. The van der Waals surface area contributed by atoms with E-state index in [2.05, 4.69) is 0 Å². The average molecular weight is 273 g/mol. The van der Waals surface area contributed by atoms with E-state index in [9.17, 15) is 13.2 Å². The molecular formula is C11H19N3O3S. The van der Waals surface area contributed by atoms with Crippen molar-refractivity contribution < 1.29 is 13.2 Å². The average Bonchev–Trinajstić information content (AvgIpc) is 2.34. The second kappa shape index (κ2) is 6.16. The normalized spacial score (nSPS) is 19.3. The molecule has 0 aromatic rings. The van der Waals surface area contributed by atoms with Crippen molar-refractivity contribution in [3.05, 3.63) is 0 Å². The van der Waals surface area contributed by atoms with E-state index in [0.29, 0.717) is 32.6 Å². The molecule has 0 N–H and O–H groups in total. The molecule has 1 aliphatic heterocycles. The first-order valence-corrected chi connectivity index (χ1v) is 7.88. The van der Waals surface area contributed by atoms with E-state index in [0.717, 1.165) is 6.42 Å². The largest absolute Gasteiger partial charge is 0.339 e. The molecule has 1 atom stereocenters. The van der Waals surface area contributed by atoms with E-state index >= 15 is 0 Å². The number of carbonyl (C=O) groups excluding carboxylic acids is 1. The van der Waals surface area contributed by atoms with Gasteiger partial charge < -0.3 is 4.90 Å². The Kier molecular flexibility index (Phi) is 5.11. The summed E-state index contributed by atoms with van der Waals surface area (Å²) in [7, 11) is -3.18. The molecule has 1 saturated heterocycles. The van der Waals surface area contributed by atoms with Crippen molar-refractivity contribution >= 4 is 15.9 Å². The van der Waals surface area contributed by atoms with Crippen molar-refractivity contribution in [2.24, 2.45) is 5.92 Å². The molecule has 1 unspecified atom stereocenters. The highest BCUT2D eigenvalue weighted by atomic mass is 32.2. The van der Waals surface area contributed by atoms with Gasteiger partial charge in [0.15, 0.2) is 0 Å². The summed E-state index contributed by atoms with van der Waals surface area (Å²) < 4.78 is 24.0. The number of rotatable bonds is 4. The van der Waals surface area contributed by atoms with Crippen LogP contribution in [0.1, 0.15) is 19.8 Å². The number of piperazine rings is 1. The molecule has 1 aliphatic rings. The van der Waals surface area contributed by atoms with Gasteiger partial charge in [-0.15, -0.1) is 0 Å². The summed E-state index contributed by atoms with van der Waals surface area (Å²) in [6.45, 7) is 3.30. The Bertz CT molecular complexity index is 433. The maximum absolute atomic E-state index is 12.0. The van der Waals surface area contributed by atoms with Crippen molar-refractivity contribution in [3.63, 3.8) is 0 Å². The maximum atomic E-state index is 12.0. The lowest BCUT2D eigenvalue weighted by molar-refractivity contribution is -0.135. The second-order valence-corrected chi connectivity index (χ2v) is 6.44. The monoisotopic (exact) mass is 273 g/mol. The Morgan fingerprint density at radius 1 is 1.33 bits per heavy atom. The predicted molar refractivity (Wildman–Crippen MR) is 67.0 cm³/mol.